The number of ether oxygens (including phenoxy) is 1. The Labute approximate surface area is 113 Å². The molecule has 0 N–H and O–H groups in total. The Hall–Kier alpha value is -1.22. The molecule has 0 fully saturated rings. The predicted octanol–water partition coefficient (Wildman–Crippen LogP) is 3.07. The van der Waals surface area contributed by atoms with Gasteiger partial charge in [-0.3, -0.25) is 4.79 Å². The van der Waals surface area contributed by atoms with Gasteiger partial charge in [0, 0.05) is 12.4 Å². The average Bonchev–Trinajstić information content (AvgIpc) is 2.60. The molecule has 0 spiro atoms. The Balaban J connectivity index is 2.36. The number of fused-ring (bicyclic) bond motifs is 1. The van der Waals surface area contributed by atoms with Gasteiger partial charge in [-0.2, -0.15) is 0 Å². The monoisotopic (exact) mass is 267 g/mol. The molecule has 98 valence electrons. The smallest absolute Gasteiger partial charge is 0.233 e. The summed E-state index contributed by atoms with van der Waals surface area (Å²) in [5.41, 5.74) is 0.289. The van der Waals surface area contributed by atoms with Crippen LogP contribution in [-0.2, 0) is 4.79 Å². The summed E-state index contributed by atoms with van der Waals surface area (Å²) in [7, 11) is 0. The topological polar surface area (TPSA) is 29.5 Å². The van der Waals surface area contributed by atoms with Crippen LogP contribution in [0.4, 0.5) is 5.69 Å². The molecule has 0 aromatic heterocycles. The fourth-order valence-electron chi connectivity index (χ4n) is 1.96. The van der Waals surface area contributed by atoms with Gasteiger partial charge in [-0.15, -0.1) is 11.6 Å². The maximum atomic E-state index is 12.6. The van der Waals surface area contributed by atoms with Crippen LogP contribution in [-0.4, -0.2) is 24.9 Å². The van der Waals surface area contributed by atoms with Gasteiger partial charge in [-0.05, 0) is 32.4 Å². The van der Waals surface area contributed by atoms with Crippen molar-refractivity contribution in [1.29, 1.82) is 0 Å². The summed E-state index contributed by atoms with van der Waals surface area (Å²) in [6, 6.07) is 7.65. The second-order valence-corrected chi connectivity index (χ2v) is 5.41. The minimum Gasteiger partial charge on any atom is -0.491 e. The van der Waals surface area contributed by atoms with Gasteiger partial charge in [-0.25, -0.2) is 0 Å². The van der Waals surface area contributed by atoms with Crippen molar-refractivity contribution in [2.24, 2.45) is 5.41 Å². The number of nitrogens with zero attached hydrogens (tertiary/aromatic N) is 1. The second-order valence-electron chi connectivity index (χ2n) is 5.14. The van der Waals surface area contributed by atoms with Crippen molar-refractivity contribution in [3.05, 3.63) is 24.3 Å². The van der Waals surface area contributed by atoms with Crippen molar-refractivity contribution in [2.45, 2.75) is 20.3 Å². The first kappa shape index (κ1) is 13.2. The van der Waals surface area contributed by atoms with E-state index in [9.17, 15) is 4.79 Å². The van der Waals surface area contributed by atoms with Gasteiger partial charge in [0.15, 0.2) is 0 Å². The van der Waals surface area contributed by atoms with Crippen molar-refractivity contribution in [1.82, 2.24) is 0 Å². The summed E-state index contributed by atoms with van der Waals surface area (Å²) in [5, 5.41) is 0. The van der Waals surface area contributed by atoms with Crippen LogP contribution in [0.2, 0.25) is 0 Å². The molecule has 0 radical (unpaired) electrons. The van der Waals surface area contributed by atoms with Crippen LogP contribution in [0.5, 0.6) is 5.75 Å². The Kier molecular flexibility index (Phi) is 3.81. The zero-order valence-corrected chi connectivity index (χ0v) is 11.5. The van der Waals surface area contributed by atoms with E-state index in [1.165, 1.54) is 0 Å². The lowest BCUT2D eigenvalue weighted by molar-refractivity contribution is -0.125. The highest BCUT2D eigenvalue weighted by Crippen LogP contribution is 2.33. The quantitative estimate of drug-likeness (QED) is 0.771. The minimum absolute atomic E-state index is 0.0513. The van der Waals surface area contributed by atoms with Gasteiger partial charge in [0.05, 0.1) is 17.7 Å². The molecule has 2 rings (SSSR count). The van der Waals surface area contributed by atoms with E-state index in [1.54, 1.807) is 4.90 Å². The van der Waals surface area contributed by atoms with Crippen LogP contribution in [0.25, 0.3) is 0 Å². The zero-order chi connectivity index (χ0) is 13.2. The van der Waals surface area contributed by atoms with E-state index in [2.05, 4.69) is 0 Å². The van der Waals surface area contributed by atoms with Crippen molar-refractivity contribution < 1.29 is 9.53 Å². The van der Waals surface area contributed by atoms with E-state index in [0.29, 0.717) is 19.0 Å². The Morgan fingerprint density at radius 1 is 1.44 bits per heavy atom. The number of hydrogen-bond donors (Lipinski definition) is 0. The number of benzene rings is 1. The molecule has 1 aliphatic rings. The number of alkyl halides is 1. The minimum atomic E-state index is -0.557. The standard InChI is InChI=1S/C14H18ClNO2/c1-14(2,10-15)13(17)16-8-5-9-18-12-7-4-3-6-11(12)16/h3-4,6-7H,5,8-10H2,1-2H3. The number of rotatable bonds is 2. The van der Waals surface area contributed by atoms with Crippen molar-refractivity contribution in [2.75, 3.05) is 23.9 Å². The molecule has 18 heavy (non-hydrogen) atoms. The van der Waals surface area contributed by atoms with Gasteiger partial charge >= 0.3 is 0 Å². The number of halogens is 1. The molecule has 1 aromatic rings. The largest absolute Gasteiger partial charge is 0.491 e. The van der Waals surface area contributed by atoms with Gasteiger partial charge in [0.2, 0.25) is 5.91 Å². The van der Waals surface area contributed by atoms with Crippen LogP contribution < -0.4 is 9.64 Å². The number of anilines is 1. The molecule has 0 atom stereocenters. The van der Waals surface area contributed by atoms with Crippen LogP contribution in [0.3, 0.4) is 0 Å². The van der Waals surface area contributed by atoms with E-state index in [0.717, 1.165) is 17.9 Å². The maximum absolute atomic E-state index is 12.6. The van der Waals surface area contributed by atoms with Crippen molar-refractivity contribution >= 4 is 23.2 Å². The van der Waals surface area contributed by atoms with Crippen LogP contribution in [0.1, 0.15) is 20.3 Å². The number of hydrogen-bond acceptors (Lipinski definition) is 2. The van der Waals surface area contributed by atoms with Crippen LogP contribution in [0.15, 0.2) is 24.3 Å². The number of carbonyl (C=O) groups is 1. The summed E-state index contributed by atoms with van der Waals surface area (Å²) in [4.78, 5) is 14.3. The first-order valence-corrected chi connectivity index (χ1v) is 6.69. The summed E-state index contributed by atoms with van der Waals surface area (Å²) in [6.45, 7) is 5.06. The molecule has 0 unspecified atom stereocenters. The molecular weight excluding hydrogens is 250 g/mol. The molecule has 0 saturated carbocycles. The second kappa shape index (κ2) is 5.19. The number of para-hydroxylation sites is 2. The van der Waals surface area contributed by atoms with Gasteiger partial charge in [-0.1, -0.05) is 12.1 Å². The van der Waals surface area contributed by atoms with Crippen LogP contribution >= 0.6 is 11.6 Å². The highest BCUT2D eigenvalue weighted by Gasteiger charge is 2.33. The van der Waals surface area contributed by atoms with Crippen LogP contribution in [0, 0.1) is 5.41 Å². The third-order valence-corrected chi connectivity index (χ3v) is 3.77. The van der Waals surface area contributed by atoms with E-state index in [-0.39, 0.29) is 5.91 Å². The molecule has 0 saturated heterocycles. The first-order valence-electron chi connectivity index (χ1n) is 6.16. The highest BCUT2D eigenvalue weighted by molar-refractivity contribution is 6.20. The molecule has 4 heteroatoms. The Morgan fingerprint density at radius 3 is 2.89 bits per heavy atom. The normalized spacial score (nSPS) is 15.6. The predicted molar refractivity (Wildman–Crippen MR) is 73.4 cm³/mol. The number of carbonyl (C=O) groups excluding carboxylic acids is 1. The summed E-state index contributed by atoms with van der Waals surface area (Å²) in [6.07, 6.45) is 0.832. The molecule has 1 heterocycles. The first-order chi connectivity index (χ1) is 8.56. The van der Waals surface area contributed by atoms with E-state index >= 15 is 0 Å². The molecule has 3 nitrogen and oxygen atoms in total. The zero-order valence-electron chi connectivity index (χ0n) is 10.8. The summed E-state index contributed by atoms with van der Waals surface area (Å²) in [5.74, 6) is 1.13. The fraction of sp³-hybridized carbons (Fsp3) is 0.500. The molecule has 0 bridgehead atoms. The lowest BCUT2D eigenvalue weighted by atomic mass is 9.94. The average molecular weight is 268 g/mol. The third-order valence-electron chi connectivity index (χ3n) is 3.10. The highest BCUT2D eigenvalue weighted by atomic mass is 35.5. The third kappa shape index (κ3) is 2.46. The Bertz CT molecular complexity index is 445. The molecule has 1 amide bonds. The molecule has 1 aromatic carbocycles. The van der Waals surface area contributed by atoms with Crippen molar-refractivity contribution in [3.8, 4) is 5.75 Å². The molecule has 0 aliphatic carbocycles. The summed E-state index contributed by atoms with van der Waals surface area (Å²) >= 11 is 5.90. The fourth-order valence-corrected chi connectivity index (χ4v) is 2.08. The van der Waals surface area contributed by atoms with E-state index in [4.69, 9.17) is 16.3 Å². The van der Waals surface area contributed by atoms with Gasteiger partial charge in [0.1, 0.15) is 5.75 Å². The van der Waals surface area contributed by atoms with Crippen molar-refractivity contribution in [3.63, 3.8) is 0 Å². The van der Waals surface area contributed by atoms with E-state index < -0.39 is 5.41 Å². The SMILES string of the molecule is CC(C)(CCl)C(=O)N1CCCOc2ccccc21. The molecular formula is C14H18ClNO2. The van der Waals surface area contributed by atoms with Gasteiger partial charge in [0.25, 0.3) is 0 Å². The lowest BCUT2D eigenvalue weighted by Gasteiger charge is -2.30. The summed E-state index contributed by atoms with van der Waals surface area (Å²) < 4.78 is 5.65. The van der Waals surface area contributed by atoms with E-state index in [1.807, 2.05) is 38.1 Å². The maximum Gasteiger partial charge on any atom is 0.233 e. The molecule has 1 aliphatic heterocycles. The van der Waals surface area contributed by atoms with Gasteiger partial charge < -0.3 is 9.64 Å². The lowest BCUT2D eigenvalue weighted by Crippen LogP contribution is -2.42. The Morgan fingerprint density at radius 2 is 2.17 bits per heavy atom. The number of amides is 1.